The number of nitrogens with zero attached hydrogens (tertiary/aromatic N) is 4. The smallest absolute Gasteiger partial charge is 0.270 e. The predicted molar refractivity (Wildman–Crippen MR) is 118 cm³/mol. The van der Waals surface area contributed by atoms with Crippen LogP contribution in [0.2, 0.25) is 0 Å². The van der Waals surface area contributed by atoms with Gasteiger partial charge in [-0.2, -0.15) is 14.6 Å². The van der Waals surface area contributed by atoms with E-state index >= 15 is 0 Å². The number of aryl methyl sites for hydroxylation is 1. The van der Waals surface area contributed by atoms with Crippen molar-refractivity contribution >= 4 is 23.5 Å². The maximum Gasteiger partial charge on any atom is 0.270 e. The van der Waals surface area contributed by atoms with Gasteiger partial charge < -0.3 is 16.4 Å². The molecule has 0 aliphatic rings. The zero-order chi connectivity index (χ0) is 24.3. The summed E-state index contributed by atoms with van der Waals surface area (Å²) in [6.45, 7) is 7.52. The van der Waals surface area contributed by atoms with Crippen LogP contribution in [0.3, 0.4) is 0 Å². The second-order valence-electron chi connectivity index (χ2n) is 8.96. The van der Waals surface area contributed by atoms with Crippen molar-refractivity contribution in [3.8, 4) is 0 Å². The third kappa shape index (κ3) is 5.88. The lowest BCUT2D eigenvalue weighted by Gasteiger charge is -2.24. The maximum atomic E-state index is 13.5. The Labute approximate surface area is 189 Å². The zero-order valence-electron chi connectivity index (χ0n) is 18.8. The second kappa shape index (κ2) is 9.31. The molecule has 2 heterocycles. The van der Waals surface area contributed by atoms with Crippen molar-refractivity contribution in [1.29, 1.82) is 0 Å². The molecule has 174 valence electrons. The molecule has 1 atom stereocenters. The molecule has 0 fully saturated rings. The Bertz CT molecular complexity index is 1220. The van der Waals surface area contributed by atoms with Crippen LogP contribution in [0.5, 0.6) is 0 Å². The number of hydrogen-bond acceptors (Lipinski definition) is 6. The molecule has 3 aromatic rings. The van der Waals surface area contributed by atoms with Crippen LogP contribution in [0.15, 0.2) is 30.6 Å². The average Bonchev–Trinajstić information content (AvgIpc) is 3.20. The van der Waals surface area contributed by atoms with Crippen molar-refractivity contribution in [2.24, 2.45) is 11.1 Å². The molecule has 0 saturated heterocycles. The van der Waals surface area contributed by atoms with Gasteiger partial charge in [0.2, 0.25) is 5.91 Å². The van der Waals surface area contributed by atoms with Crippen molar-refractivity contribution in [1.82, 2.24) is 30.2 Å². The van der Waals surface area contributed by atoms with Crippen LogP contribution < -0.4 is 16.4 Å². The van der Waals surface area contributed by atoms with E-state index in [1.54, 1.807) is 19.1 Å². The Morgan fingerprint density at radius 2 is 1.91 bits per heavy atom. The Balaban J connectivity index is 1.83. The second-order valence-corrected chi connectivity index (χ2v) is 8.96. The highest BCUT2D eigenvalue weighted by molar-refractivity contribution is 5.99. The summed E-state index contributed by atoms with van der Waals surface area (Å²) in [7, 11) is 0. The Kier molecular flexibility index (Phi) is 6.70. The summed E-state index contributed by atoms with van der Waals surface area (Å²) in [6.07, 6.45) is 1.52. The fourth-order valence-electron chi connectivity index (χ4n) is 3.25. The number of amides is 3. The van der Waals surface area contributed by atoms with Crippen LogP contribution >= 0.6 is 0 Å². The number of rotatable bonds is 7. The van der Waals surface area contributed by atoms with Gasteiger partial charge in [-0.1, -0.05) is 32.9 Å². The lowest BCUT2D eigenvalue weighted by atomic mass is 9.88. The third-order valence-electron chi connectivity index (χ3n) is 4.86. The average molecular weight is 455 g/mol. The van der Waals surface area contributed by atoms with Gasteiger partial charge in [-0.05, 0) is 36.0 Å². The number of carbonyl (C=O) groups is 3. The maximum absolute atomic E-state index is 13.5. The van der Waals surface area contributed by atoms with Gasteiger partial charge in [-0.3, -0.25) is 14.4 Å². The number of carbonyl (C=O) groups excluding carboxylic acids is 3. The first-order valence-corrected chi connectivity index (χ1v) is 10.3. The minimum absolute atomic E-state index is 0.0274. The Hall–Kier alpha value is -3.89. The lowest BCUT2D eigenvalue weighted by molar-refractivity contribution is -0.120. The molecule has 0 aliphatic heterocycles. The fourth-order valence-corrected chi connectivity index (χ4v) is 3.25. The molecule has 1 aromatic carbocycles. The summed E-state index contributed by atoms with van der Waals surface area (Å²) in [5.74, 6) is -2.17. The molecule has 3 amide bonds. The van der Waals surface area contributed by atoms with Gasteiger partial charge in [-0.15, -0.1) is 0 Å². The van der Waals surface area contributed by atoms with Crippen molar-refractivity contribution in [2.45, 2.75) is 46.7 Å². The monoisotopic (exact) mass is 455 g/mol. The normalized spacial score (nSPS) is 12.4. The number of nitrogens with one attached hydrogen (secondary N) is 2. The molecule has 0 aliphatic carbocycles. The molecule has 33 heavy (non-hydrogen) atoms. The summed E-state index contributed by atoms with van der Waals surface area (Å²) in [5, 5.41) is 9.27. The van der Waals surface area contributed by atoms with E-state index in [2.05, 4.69) is 25.7 Å². The molecule has 10 nitrogen and oxygen atoms in total. The summed E-state index contributed by atoms with van der Waals surface area (Å²) in [6, 6.07) is 4.87. The van der Waals surface area contributed by atoms with E-state index in [1.165, 1.54) is 23.0 Å². The molecule has 0 radical (unpaired) electrons. The molecule has 0 unspecified atom stereocenters. The van der Waals surface area contributed by atoms with Gasteiger partial charge >= 0.3 is 0 Å². The quantitative estimate of drug-likeness (QED) is 0.493. The topological polar surface area (TPSA) is 144 Å². The van der Waals surface area contributed by atoms with Gasteiger partial charge in [0.1, 0.15) is 29.6 Å². The first kappa shape index (κ1) is 23.8. The molecule has 2 aromatic heterocycles. The highest BCUT2D eigenvalue weighted by Crippen LogP contribution is 2.21. The SMILES string of the molecule is Cc1cc(CNC(=O)c2cc(C(=O)N[C@H](CC(C)(C)C)C(N)=O)n3ncnc3n2)ccc1F. The Morgan fingerprint density at radius 3 is 2.55 bits per heavy atom. The van der Waals surface area contributed by atoms with Crippen molar-refractivity contribution in [3.63, 3.8) is 0 Å². The van der Waals surface area contributed by atoms with Gasteiger partial charge in [0.15, 0.2) is 0 Å². The van der Waals surface area contributed by atoms with E-state index in [4.69, 9.17) is 5.73 Å². The third-order valence-corrected chi connectivity index (χ3v) is 4.86. The molecule has 3 rings (SSSR count). The number of aromatic nitrogens is 4. The highest BCUT2D eigenvalue weighted by Gasteiger charge is 2.27. The summed E-state index contributed by atoms with van der Waals surface area (Å²) < 4.78 is 14.6. The minimum atomic E-state index is -0.914. The number of primary amides is 1. The van der Waals surface area contributed by atoms with E-state index in [-0.39, 0.29) is 34.9 Å². The van der Waals surface area contributed by atoms with Crippen LogP contribution in [0, 0.1) is 18.2 Å². The standard InChI is InChI=1S/C22H26FN7O3/c1-12-7-13(5-6-14(12)23)10-25-19(32)15-8-17(30-21(29-15)26-11-27-30)20(33)28-16(18(24)31)9-22(2,3)4/h5-8,11,16H,9-10H2,1-4H3,(H2,24,31)(H,25,32)(H,28,33)/t16-/m1/s1. The summed E-state index contributed by atoms with van der Waals surface area (Å²) in [4.78, 5) is 45.7. The van der Waals surface area contributed by atoms with Gasteiger partial charge in [0.25, 0.3) is 17.6 Å². The number of hydrogen-bond donors (Lipinski definition) is 3. The molecule has 0 spiro atoms. The molecule has 0 saturated carbocycles. The van der Waals surface area contributed by atoms with Crippen molar-refractivity contribution < 1.29 is 18.8 Å². The molecule has 11 heteroatoms. The van der Waals surface area contributed by atoms with Crippen molar-refractivity contribution in [2.75, 3.05) is 0 Å². The van der Waals surface area contributed by atoms with Crippen LogP contribution in [0.4, 0.5) is 4.39 Å². The fraction of sp³-hybridized carbons (Fsp3) is 0.364. The van der Waals surface area contributed by atoms with Crippen LogP contribution in [0.1, 0.15) is 59.3 Å². The van der Waals surface area contributed by atoms with Crippen LogP contribution in [-0.2, 0) is 11.3 Å². The number of fused-ring (bicyclic) bond motifs is 1. The Morgan fingerprint density at radius 1 is 1.18 bits per heavy atom. The van der Waals surface area contributed by atoms with Crippen molar-refractivity contribution in [3.05, 3.63) is 58.9 Å². The van der Waals surface area contributed by atoms with Crippen LogP contribution in [-0.4, -0.2) is 43.3 Å². The highest BCUT2D eigenvalue weighted by atomic mass is 19.1. The van der Waals surface area contributed by atoms with Gasteiger partial charge in [0.05, 0.1) is 0 Å². The predicted octanol–water partition coefficient (Wildman–Crippen LogP) is 1.52. The van der Waals surface area contributed by atoms with E-state index in [9.17, 15) is 18.8 Å². The molecular weight excluding hydrogens is 429 g/mol. The van der Waals surface area contributed by atoms with E-state index in [1.807, 2.05) is 20.8 Å². The minimum Gasteiger partial charge on any atom is -0.368 e. The van der Waals surface area contributed by atoms with E-state index in [0.29, 0.717) is 17.5 Å². The summed E-state index contributed by atoms with van der Waals surface area (Å²) in [5.41, 5.74) is 6.27. The van der Waals surface area contributed by atoms with Crippen LogP contribution in [0.25, 0.3) is 5.78 Å². The largest absolute Gasteiger partial charge is 0.368 e. The molecule has 0 bridgehead atoms. The zero-order valence-corrected chi connectivity index (χ0v) is 18.8. The molecule has 4 N–H and O–H groups in total. The number of nitrogens with two attached hydrogens (primary N) is 1. The number of halogens is 1. The molecular formula is C22H26FN7O3. The lowest BCUT2D eigenvalue weighted by Crippen LogP contribution is -2.46. The first-order valence-electron chi connectivity index (χ1n) is 10.3. The van der Waals surface area contributed by atoms with Gasteiger partial charge in [-0.25, -0.2) is 9.37 Å². The van der Waals surface area contributed by atoms with Gasteiger partial charge in [0, 0.05) is 12.6 Å². The first-order chi connectivity index (χ1) is 15.4. The van der Waals surface area contributed by atoms with E-state index < -0.39 is 23.8 Å². The van der Waals surface area contributed by atoms with E-state index in [0.717, 1.165) is 0 Å². The summed E-state index contributed by atoms with van der Waals surface area (Å²) >= 11 is 0. The number of benzene rings is 1.